The van der Waals surface area contributed by atoms with Gasteiger partial charge in [-0.15, -0.1) is 12.4 Å². The zero-order valence-electron chi connectivity index (χ0n) is 7.44. The minimum atomic E-state index is 0. The lowest BCUT2D eigenvalue weighted by molar-refractivity contribution is 0.322. The Kier molecular flexibility index (Phi) is 3.71. The number of hydrogen-bond donors (Lipinski definition) is 2. The molecule has 13 heavy (non-hydrogen) atoms. The molecular formula is C8H15ClN4. The van der Waals surface area contributed by atoms with Crippen molar-refractivity contribution in [1.29, 1.82) is 0 Å². The minimum absolute atomic E-state index is 0. The number of hydrogen-bond acceptors (Lipinski definition) is 3. The molecule has 0 spiro atoms. The van der Waals surface area contributed by atoms with Gasteiger partial charge in [0.15, 0.2) is 0 Å². The highest BCUT2D eigenvalue weighted by Gasteiger charge is 2.18. The molecule has 3 N–H and O–H groups in total. The smallest absolute Gasteiger partial charge is 0.0492 e. The van der Waals surface area contributed by atoms with Crippen molar-refractivity contribution in [1.82, 2.24) is 15.1 Å². The number of nitrogens with two attached hydrogens (primary N) is 1. The second-order valence-electron chi connectivity index (χ2n) is 3.37. The first kappa shape index (κ1) is 10.5. The number of aromatic nitrogens is 2. The van der Waals surface area contributed by atoms with E-state index in [9.17, 15) is 0 Å². The molecule has 0 radical (unpaired) electrons. The molecule has 0 amide bonds. The van der Waals surface area contributed by atoms with Crippen LogP contribution in [0.2, 0.25) is 0 Å². The maximum atomic E-state index is 5.79. The fourth-order valence-electron chi connectivity index (χ4n) is 1.62. The lowest BCUT2D eigenvalue weighted by atomic mass is 10.3. The Bertz CT molecular complexity index is 236. The van der Waals surface area contributed by atoms with Crippen LogP contribution in [0.15, 0.2) is 12.3 Å². The molecule has 1 aliphatic heterocycles. The van der Waals surface area contributed by atoms with Crippen molar-refractivity contribution in [2.45, 2.75) is 19.0 Å². The van der Waals surface area contributed by atoms with Gasteiger partial charge in [-0.25, -0.2) is 0 Å². The van der Waals surface area contributed by atoms with Gasteiger partial charge in [-0.2, -0.15) is 5.10 Å². The van der Waals surface area contributed by atoms with Crippen LogP contribution in [-0.4, -0.2) is 34.2 Å². The first-order chi connectivity index (χ1) is 5.84. The van der Waals surface area contributed by atoms with Gasteiger partial charge in [0, 0.05) is 37.6 Å². The zero-order valence-corrected chi connectivity index (χ0v) is 8.26. The molecule has 2 heterocycles. The molecule has 1 atom stereocenters. The lowest BCUT2D eigenvalue weighted by Gasteiger charge is -2.12. The summed E-state index contributed by atoms with van der Waals surface area (Å²) >= 11 is 0. The van der Waals surface area contributed by atoms with Crippen molar-refractivity contribution in [2.75, 3.05) is 13.1 Å². The van der Waals surface area contributed by atoms with E-state index in [2.05, 4.69) is 15.1 Å². The Morgan fingerprint density at radius 2 is 2.54 bits per heavy atom. The standard InChI is InChI=1S/C8H14N4.ClH/c9-7-2-4-12(5-7)6-8-1-3-10-11-8;/h1,3,7H,2,4-6,9H2,(H,10,11);1H. The lowest BCUT2D eigenvalue weighted by Crippen LogP contribution is -2.26. The molecule has 2 rings (SSSR count). The molecule has 4 nitrogen and oxygen atoms in total. The fraction of sp³-hybridized carbons (Fsp3) is 0.625. The Morgan fingerprint density at radius 3 is 3.08 bits per heavy atom. The van der Waals surface area contributed by atoms with Crippen LogP contribution in [0, 0.1) is 0 Å². The van der Waals surface area contributed by atoms with Crippen LogP contribution in [-0.2, 0) is 6.54 Å². The van der Waals surface area contributed by atoms with E-state index in [0.29, 0.717) is 6.04 Å². The molecule has 1 fully saturated rings. The van der Waals surface area contributed by atoms with Crippen molar-refractivity contribution in [2.24, 2.45) is 5.73 Å². The second-order valence-corrected chi connectivity index (χ2v) is 3.37. The van der Waals surface area contributed by atoms with E-state index in [1.165, 1.54) is 5.69 Å². The molecule has 0 aliphatic carbocycles. The summed E-state index contributed by atoms with van der Waals surface area (Å²) in [5, 5.41) is 6.85. The van der Waals surface area contributed by atoms with Crippen molar-refractivity contribution >= 4 is 12.4 Å². The van der Waals surface area contributed by atoms with Gasteiger partial charge >= 0.3 is 0 Å². The summed E-state index contributed by atoms with van der Waals surface area (Å²) in [4.78, 5) is 2.35. The molecule has 0 saturated carbocycles. The third-order valence-electron chi connectivity index (χ3n) is 2.26. The SMILES string of the molecule is Cl.NC1CCN(Cc2ccn[nH]2)C1. The van der Waals surface area contributed by atoms with Crippen LogP contribution in [0.4, 0.5) is 0 Å². The third-order valence-corrected chi connectivity index (χ3v) is 2.26. The van der Waals surface area contributed by atoms with Crippen LogP contribution in [0.1, 0.15) is 12.1 Å². The average Bonchev–Trinajstić information content (AvgIpc) is 2.63. The van der Waals surface area contributed by atoms with E-state index in [4.69, 9.17) is 5.73 Å². The minimum Gasteiger partial charge on any atom is -0.326 e. The van der Waals surface area contributed by atoms with E-state index in [1.54, 1.807) is 6.20 Å². The quantitative estimate of drug-likeness (QED) is 0.729. The molecule has 1 aromatic rings. The van der Waals surface area contributed by atoms with Gasteiger partial charge in [0.2, 0.25) is 0 Å². The summed E-state index contributed by atoms with van der Waals surface area (Å²) in [6.07, 6.45) is 2.90. The first-order valence-electron chi connectivity index (χ1n) is 4.31. The van der Waals surface area contributed by atoms with Gasteiger partial charge in [0.1, 0.15) is 0 Å². The molecule has 1 aromatic heterocycles. The van der Waals surface area contributed by atoms with Crippen LogP contribution >= 0.6 is 12.4 Å². The summed E-state index contributed by atoms with van der Waals surface area (Å²) < 4.78 is 0. The average molecular weight is 203 g/mol. The first-order valence-corrected chi connectivity index (χ1v) is 4.31. The van der Waals surface area contributed by atoms with Crippen molar-refractivity contribution in [3.8, 4) is 0 Å². The van der Waals surface area contributed by atoms with Crippen LogP contribution in [0.3, 0.4) is 0 Å². The second kappa shape index (κ2) is 4.60. The normalized spacial score (nSPS) is 23.0. The van der Waals surface area contributed by atoms with Crippen LogP contribution in [0.5, 0.6) is 0 Å². The summed E-state index contributed by atoms with van der Waals surface area (Å²) in [5.41, 5.74) is 6.96. The number of rotatable bonds is 2. The largest absolute Gasteiger partial charge is 0.326 e. The van der Waals surface area contributed by atoms with Gasteiger partial charge in [-0.1, -0.05) is 0 Å². The molecule has 1 aliphatic rings. The predicted octanol–water partition coefficient (Wildman–Crippen LogP) is 0.364. The van der Waals surface area contributed by atoms with E-state index < -0.39 is 0 Å². The summed E-state index contributed by atoms with van der Waals surface area (Å²) in [6.45, 7) is 3.08. The Morgan fingerprint density at radius 1 is 1.69 bits per heavy atom. The topological polar surface area (TPSA) is 57.9 Å². The van der Waals surface area contributed by atoms with E-state index >= 15 is 0 Å². The molecule has 74 valence electrons. The number of H-pyrrole nitrogens is 1. The van der Waals surface area contributed by atoms with E-state index in [1.807, 2.05) is 6.07 Å². The van der Waals surface area contributed by atoms with Gasteiger partial charge in [0.25, 0.3) is 0 Å². The number of nitrogens with zero attached hydrogens (tertiary/aromatic N) is 2. The summed E-state index contributed by atoms with van der Waals surface area (Å²) in [6, 6.07) is 2.37. The Labute approximate surface area is 83.9 Å². The van der Waals surface area contributed by atoms with Crippen molar-refractivity contribution in [3.05, 3.63) is 18.0 Å². The number of aromatic amines is 1. The summed E-state index contributed by atoms with van der Waals surface area (Å²) in [5.74, 6) is 0. The van der Waals surface area contributed by atoms with Crippen molar-refractivity contribution in [3.63, 3.8) is 0 Å². The van der Waals surface area contributed by atoms with Crippen LogP contribution in [0.25, 0.3) is 0 Å². The number of likely N-dealkylation sites (tertiary alicyclic amines) is 1. The molecule has 5 heteroatoms. The van der Waals surface area contributed by atoms with Gasteiger partial charge < -0.3 is 5.73 Å². The Balaban J connectivity index is 0.000000845. The molecule has 1 unspecified atom stereocenters. The molecule has 0 bridgehead atoms. The number of nitrogens with one attached hydrogen (secondary N) is 1. The molecule has 1 saturated heterocycles. The highest BCUT2D eigenvalue weighted by Crippen LogP contribution is 2.09. The monoisotopic (exact) mass is 202 g/mol. The predicted molar refractivity (Wildman–Crippen MR) is 53.7 cm³/mol. The van der Waals surface area contributed by atoms with E-state index in [0.717, 1.165) is 26.1 Å². The molecular weight excluding hydrogens is 188 g/mol. The maximum Gasteiger partial charge on any atom is 0.0492 e. The van der Waals surface area contributed by atoms with E-state index in [-0.39, 0.29) is 12.4 Å². The Hall–Kier alpha value is -0.580. The highest BCUT2D eigenvalue weighted by atomic mass is 35.5. The summed E-state index contributed by atoms with van der Waals surface area (Å²) in [7, 11) is 0. The molecule has 0 aromatic carbocycles. The van der Waals surface area contributed by atoms with Gasteiger partial charge in [-0.05, 0) is 12.5 Å². The van der Waals surface area contributed by atoms with Gasteiger partial charge in [0.05, 0.1) is 0 Å². The maximum absolute atomic E-state index is 5.79. The van der Waals surface area contributed by atoms with Crippen molar-refractivity contribution < 1.29 is 0 Å². The van der Waals surface area contributed by atoms with Gasteiger partial charge in [-0.3, -0.25) is 10.00 Å². The highest BCUT2D eigenvalue weighted by molar-refractivity contribution is 5.85. The zero-order chi connectivity index (χ0) is 8.39. The fourth-order valence-corrected chi connectivity index (χ4v) is 1.62. The number of halogens is 1. The third kappa shape index (κ3) is 2.69. The van der Waals surface area contributed by atoms with Crippen LogP contribution < -0.4 is 5.73 Å².